The second kappa shape index (κ2) is 5.21. The van der Waals surface area contributed by atoms with Gasteiger partial charge in [0.1, 0.15) is 18.3 Å². The standard InChI is InChI=1S/C15H20N2O2/c1-10-8-11(6-7-16-10)17-15(18)13-9-19-14-5-3-2-4-12(13)14/h2-5,10-11,13,16H,6-9H2,1H3,(H,17,18). The first-order valence-electron chi connectivity index (χ1n) is 6.99. The Bertz CT molecular complexity index is 475. The Morgan fingerprint density at radius 1 is 1.42 bits per heavy atom. The van der Waals surface area contributed by atoms with Crippen molar-refractivity contribution in [3.63, 3.8) is 0 Å². The van der Waals surface area contributed by atoms with Gasteiger partial charge in [-0.05, 0) is 32.4 Å². The molecule has 3 rings (SSSR count). The maximum absolute atomic E-state index is 12.4. The van der Waals surface area contributed by atoms with E-state index < -0.39 is 0 Å². The number of fused-ring (bicyclic) bond motifs is 1. The van der Waals surface area contributed by atoms with Crippen LogP contribution in [-0.2, 0) is 4.79 Å². The SMILES string of the molecule is CC1CC(NC(=O)C2COc3ccccc32)CCN1. The van der Waals surface area contributed by atoms with Crippen molar-refractivity contribution < 1.29 is 9.53 Å². The van der Waals surface area contributed by atoms with E-state index in [1.54, 1.807) is 0 Å². The van der Waals surface area contributed by atoms with E-state index in [0.717, 1.165) is 30.7 Å². The molecule has 2 heterocycles. The van der Waals surface area contributed by atoms with Gasteiger partial charge in [0.2, 0.25) is 5.91 Å². The summed E-state index contributed by atoms with van der Waals surface area (Å²) in [6.45, 7) is 3.60. The van der Waals surface area contributed by atoms with E-state index >= 15 is 0 Å². The number of para-hydroxylation sites is 1. The molecule has 0 spiro atoms. The summed E-state index contributed by atoms with van der Waals surface area (Å²) < 4.78 is 5.57. The van der Waals surface area contributed by atoms with Crippen LogP contribution in [0.4, 0.5) is 0 Å². The van der Waals surface area contributed by atoms with Gasteiger partial charge in [0, 0.05) is 17.6 Å². The summed E-state index contributed by atoms with van der Waals surface area (Å²) in [6, 6.07) is 8.57. The molecule has 1 saturated heterocycles. The van der Waals surface area contributed by atoms with Crippen molar-refractivity contribution in [2.24, 2.45) is 0 Å². The third-order valence-electron chi connectivity index (χ3n) is 3.99. The molecule has 1 fully saturated rings. The Balaban J connectivity index is 1.65. The predicted octanol–water partition coefficient (Wildman–Crippen LogP) is 1.42. The van der Waals surface area contributed by atoms with Gasteiger partial charge in [-0.2, -0.15) is 0 Å². The van der Waals surface area contributed by atoms with Crippen molar-refractivity contribution in [2.45, 2.75) is 37.8 Å². The predicted molar refractivity (Wildman–Crippen MR) is 73.3 cm³/mol. The molecule has 2 aliphatic heterocycles. The quantitative estimate of drug-likeness (QED) is 0.845. The van der Waals surface area contributed by atoms with Crippen LogP contribution in [0.2, 0.25) is 0 Å². The topological polar surface area (TPSA) is 50.4 Å². The number of carbonyl (C=O) groups excluding carboxylic acids is 1. The molecule has 4 nitrogen and oxygen atoms in total. The summed E-state index contributed by atoms with van der Waals surface area (Å²) in [5.41, 5.74) is 1.02. The van der Waals surface area contributed by atoms with Crippen LogP contribution in [0, 0.1) is 0 Å². The van der Waals surface area contributed by atoms with Gasteiger partial charge in [0.05, 0.1) is 0 Å². The number of rotatable bonds is 2. The Labute approximate surface area is 113 Å². The van der Waals surface area contributed by atoms with Gasteiger partial charge >= 0.3 is 0 Å². The highest BCUT2D eigenvalue weighted by molar-refractivity contribution is 5.85. The van der Waals surface area contributed by atoms with Crippen LogP contribution in [0.1, 0.15) is 31.2 Å². The van der Waals surface area contributed by atoms with Gasteiger partial charge in [-0.15, -0.1) is 0 Å². The fourth-order valence-corrected chi connectivity index (χ4v) is 2.94. The fourth-order valence-electron chi connectivity index (χ4n) is 2.94. The summed E-state index contributed by atoms with van der Waals surface area (Å²) in [6.07, 6.45) is 2.01. The van der Waals surface area contributed by atoms with E-state index in [0.29, 0.717) is 12.6 Å². The lowest BCUT2D eigenvalue weighted by Gasteiger charge is -2.29. The van der Waals surface area contributed by atoms with E-state index in [4.69, 9.17) is 4.74 Å². The Morgan fingerprint density at radius 3 is 3.11 bits per heavy atom. The van der Waals surface area contributed by atoms with Crippen molar-refractivity contribution in [1.29, 1.82) is 0 Å². The molecule has 1 aromatic carbocycles. The summed E-state index contributed by atoms with van der Waals surface area (Å²) in [7, 11) is 0. The third-order valence-corrected chi connectivity index (χ3v) is 3.99. The van der Waals surface area contributed by atoms with Gasteiger partial charge in [0.25, 0.3) is 0 Å². The molecule has 3 atom stereocenters. The normalized spacial score (nSPS) is 29.4. The maximum atomic E-state index is 12.4. The summed E-state index contributed by atoms with van der Waals surface area (Å²) in [4.78, 5) is 12.4. The molecule has 0 aliphatic carbocycles. The first kappa shape index (κ1) is 12.5. The zero-order chi connectivity index (χ0) is 13.2. The molecule has 2 N–H and O–H groups in total. The number of benzene rings is 1. The molecular formula is C15H20N2O2. The van der Waals surface area contributed by atoms with Crippen LogP contribution in [-0.4, -0.2) is 31.1 Å². The molecule has 0 aromatic heterocycles. The van der Waals surface area contributed by atoms with E-state index in [-0.39, 0.29) is 17.9 Å². The number of hydrogen-bond donors (Lipinski definition) is 2. The highest BCUT2D eigenvalue weighted by Gasteiger charge is 2.31. The van der Waals surface area contributed by atoms with E-state index in [2.05, 4.69) is 17.6 Å². The summed E-state index contributed by atoms with van der Waals surface area (Å²) in [5, 5.41) is 6.57. The van der Waals surface area contributed by atoms with Gasteiger partial charge in [-0.1, -0.05) is 18.2 Å². The number of amides is 1. The van der Waals surface area contributed by atoms with Gasteiger partial charge in [-0.3, -0.25) is 4.79 Å². The van der Waals surface area contributed by atoms with Crippen molar-refractivity contribution in [3.05, 3.63) is 29.8 Å². The molecule has 0 bridgehead atoms. The number of piperidine rings is 1. The number of nitrogens with one attached hydrogen (secondary N) is 2. The zero-order valence-corrected chi connectivity index (χ0v) is 11.2. The van der Waals surface area contributed by atoms with Crippen molar-refractivity contribution in [2.75, 3.05) is 13.2 Å². The molecule has 1 aromatic rings. The molecule has 2 aliphatic rings. The number of ether oxygens (including phenoxy) is 1. The molecule has 102 valence electrons. The monoisotopic (exact) mass is 260 g/mol. The zero-order valence-electron chi connectivity index (χ0n) is 11.2. The first-order chi connectivity index (χ1) is 9.24. The minimum absolute atomic E-state index is 0.101. The van der Waals surface area contributed by atoms with E-state index in [9.17, 15) is 4.79 Å². The van der Waals surface area contributed by atoms with E-state index in [1.165, 1.54) is 0 Å². The second-order valence-corrected chi connectivity index (χ2v) is 5.49. The number of carbonyl (C=O) groups is 1. The third kappa shape index (κ3) is 2.59. The van der Waals surface area contributed by atoms with Crippen molar-refractivity contribution >= 4 is 5.91 Å². The molecule has 0 saturated carbocycles. The Kier molecular flexibility index (Phi) is 3.42. The average Bonchev–Trinajstić information content (AvgIpc) is 2.82. The maximum Gasteiger partial charge on any atom is 0.231 e. The minimum Gasteiger partial charge on any atom is -0.492 e. The fraction of sp³-hybridized carbons (Fsp3) is 0.533. The number of hydrogen-bond acceptors (Lipinski definition) is 3. The largest absolute Gasteiger partial charge is 0.492 e. The molecule has 3 unspecified atom stereocenters. The Hall–Kier alpha value is -1.55. The smallest absolute Gasteiger partial charge is 0.231 e. The van der Waals surface area contributed by atoms with Crippen LogP contribution < -0.4 is 15.4 Å². The van der Waals surface area contributed by atoms with Crippen molar-refractivity contribution in [1.82, 2.24) is 10.6 Å². The lowest BCUT2D eigenvalue weighted by atomic mass is 9.97. The van der Waals surface area contributed by atoms with Crippen LogP contribution in [0.15, 0.2) is 24.3 Å². The first-order valence-corrected chi connectivity index (χ1v) is 6.99. The van der Waals surface area contributed by atoms with Crippen LogP contribution in [0.5, 0.6) is 5.75 Å². The van der Waals surface area contributed by atoms with E-state index in [1.807, 2.05) is 24.3 Å². The molecule has 1 amide bonds. The highest BCUT2D eigenvalue weighted by atomic mass is 16.5. The average molecular weight is 260 g/mol. The van der Waals surface area contributed by atoms with Gasteiger partial charge in [-0.25, -0.2) is 0 Å². The molecule has 4 heteroatoms. The molecular weight excluding hydrogens is 240 g/mol. The highest BCUT2D eigenvalue weighted by Crippen LogP contribution is 2.33. The minimum atomic E-state index is -0.151. The van der Waals surface area contributed by atoms with Crippen LogP contribution in [0.3, 0.4) is 0 Å². The summed E-state index contributed by atoms with van der Waals surface area (Å²) >= 11 is 0. The van der Waals surface area contributed by atoms with Crippen molar-refractivity contribution in [3.8, 4) is 5.75 Å². The second-order valence-electron chi connectivity index (χ2n) is 5.49. The Morgan fingerprint density at radius 2 is 2.26 bits per heavy atom. The van der Waals surface area contributed by atoms with Gasteiger partial charge in [0.15, 0.2) is 0 Å². The van der Waals surface area contributed by atoms with Gasteiger partial charge < -0.3 is 15.4 Å². The van der Waals surface area contributed by atoms with Crippen LogP contribution >= 0.6 is 0 Å². The summed E-state index contributed by atoms with van der Waals surface area (Å²) in [5.74, 6) is 0.798. The molecule has 19 heavy (non-hydrogen) atoms. The lowest BCUT2D eigenvalue weighted by Crippen LogP contribution is -2.47. The molecule has 0 radical (unpaired) electrons. The van der Waals surface area contributed by atoms with Crippen LogP contribution in [0.25, 0.3) is 0 Å². The lowest BCUT2D eigenvalue weighted by molar-refractivity contribution is -0.123.